The molecule has 0 unspecified atom stereocenters. The van der Waals surface area contributed by atoms with Crippen LogP contribution in [0, 0.1) is 0 Å². The van der Waals surface area contributed by atoms with Crippen LogP contribution in [0.1, 0.15) is 21.7 Å². The lowest BCUT2D eigenvalue weighted by Gasteiger charge is -2.18. The summed E-state index contributed by atoms with van der Waals surface area (Å²) in [6, 6.07) is 14.9. The second kappa shape index (κ2) is 9.13. The third-order valence-electron chi connectivity index (χ3n) is 5.08. The second-order valence-corrected chi connectivity index (χ2v) is 11.3. The number of ether oxygens (including phenoxy) is 2. The number of benzene rings is 2. The third-order valence-corrected chi connectivity index (χ3v) is 7.58. The number of fused-ring (bicyclic) bond motifs is 1. The summed E-state index contributed by atoms with van der Waals surface area (Å²) < 4.78 is 33.6. The zero-order valence-corrected chi connectivity index (χ0v) is 20.0. The molecule has 4 rings (SSSR count). The van der Waals surface area contributed by atoms with E-state index in [2.05, 4.69) is 6.07 Å². The number of nitrogens with zero attached hydrogens (tertiary/aromatic N) is 1. The molecule has 2 aromatic carbocycles. The minimum absolute atomic E-state index is 0.0471. The predicted molar refractivity (Wildman–Crippen MR) is 128 cm³/mol. The van der Waals surface area contributed by atoms with Gasteiger partial charge in [0.2, 0.25) is 0 Å². The van der Waals surface area contributed by atoms with E-state index in [1.807, 2.05) is 30.3 Å². The van der Waals surface area contributed by atoms with Crippen LogP contribution in [0.4, 0.5) is 5.69 Å². The van der Waals surface area contributed by atoms with Gasteiger partial charge in [0.25, 0.3) is 5.91 Å². The maximum atomic E-state index is 13.1. The number of rotatable bonds is 8. The lowest BCUT2D eigenvalue weighted by Crippen LogP contribution is -2.23. The summed E-state index contributed by atoms with van der Waals surface area (Å²) in [5.41, 5.74) is 2.74. The number of thiophene rings is 1. The molecule has 3 aromatic rings. The Balaban J connectivity index is 1.48. The summed E-state index contributed by atoms with van der Waals surface area (Å²) in [6.07, 6.45) is 1.59. The zero-order valence-electron chi connectivity index (χ0n) is 17.6. The molecule has 6 nitrogen and oxygen atoms in total. The van der Waals surface area contributed by atoms with Gasteiger partial charge in [-0.2, -0.15) is 0 Å². The molecule has 2 heterocycles. The van der Waals surface area contributed by atoms with Crippen LogP contribution in [0.25, 0.3) is 10.4 Å². The van der Waals surface area contributed by atoms with Crippen LogP contribution in [-0.2, 0) is 16.4 Å². The molecule has 0 saturated heterocycles. The van der Waals surface area contributed by atoms with Crippen molar-refractivity contribution in [3.8, 4) is 21.9 Å². The number of carbonyl (C=O) groups is 1. The first-order valence-electron chi connectivity index (χ1n) is 9.94. The Labute approximate surface area is 196 Å². The van der Waals surface area contributed by atoms with Crippen molar-refractivity contribution in [3.63, 3.8) is 0 Å². The summed E-state index contributed by atoms with van der Waals surface area (Å²) in [5.74, 6) is 1.02. The monoisotopic (exact) mass is 491 g/mol. The number of hydrogen-bond donors (Lipinski definition) is 0. The molecular weight excluding hydrogens is 470 g/mol. The molecule has 0 fully saturated rings. The highest BCUT2D eigenvalue weighted by Crippen LogP contribution is 2.40. The first-order valence-corrected chi connectivity index (χ1v) is 13.2. The molecule has 168 valence electrons. The van der Waals surface area contributed by atoms with Gasteiger partial charge in [0.15, 0.2) is 11.5 Å². The molecule has 1 aromatic heterocycles. The lowest BCUT2D eigenvalue weighted by molar-refractivity contribution is 0.1000. The number of sulfone groups is 1. The average Bonchev–Trinajstić information content (AvgIpc) is 3.30. The van der Waals surface area contributed by atoms with Crippen LogP contribution in [0.2, 0.25) is 5.02 Å². The van der Waals surface area contributed by atoms with Gasteiger partial charge in [-0.15, -0.1) is 11.3 Å². The van der Waals surface area contributed by atoms with E-state index in [-0.39, 0.29) is 18.3 Å². The largest absolute Gasteiger partial charge is 0.493 e. The number of anilines is 1. The molecule has 0 saturated carbocycles. The van der Waals surface area contributed by atoms with Gasteiger partial charge in [-0.1, -0.05) is 23.7 Å². The van der Waals surface area contributed by atoms with Crippen LogP contribution >= 0.6 is 22.9 Å². The molecule has 0 bridgehead atoms. The molecule has 9 heteroatoms. The van der Waals surface area contributed by atoms with Crippen LogP contribution in [0.5, 0.6) is 11.5 Å². The van der Waals surface area contributed by atoms with E-state index in [0.717, 1.165) is 20.9 Å². The minimum atomic E-state index is -3.02. The molecule has 0 radical (unpaired) electrons. The fourth-order valence-corrected chi connectivity index (χ4v) is 5.40. The molecule has 0 spiro atoms. The summed E-state index contributed by atoms with van der Waals surface area (Å²) in [7, 11) is -1.49. The number of amides is 1. The molecule has 1 aliphatic rings. The fraction of sp³-hybridized carbons (Fsp3) is 0.261. The maximum Gasteiger partial charge on any atom is 0.269 e. The Kier molecular flexibility index (Phi) is 6.46. The molecule has 0 N–H and O–H groups in total. The van der Waals surface area contributed by atoms with Gasteiger partial charge in [0.1, 0.15) is 9.84 Å². The van der Waals surface area contributed by atoms with E-state index >= 15 is 0 Å². The fourth-order valence-electron chi connectivity index (χ4n) is 3.50. The first kappa shape index (κ1) is 22.6. The topological polar surface area (TPSA) is 72.9 Å². The van der Waals surface area contributed by atoms with E-state index in [9.17, 15) is 13.2 Å². The Morgan fingerprint density at radius 2 is 1.84 bits per heavy atom. The van der Waals surface area contributed by atoms with Gasteiger partial charge in [0.05, 0.1) is 30.9 Å². The van der Waals surface area contributed by atoms with Gasteiger partial charge in [0, 0.05) is 27.9 Å². The highest BCUT2D eigenvalue weighted by molar-refractivity contribution is 7.90. The zero-order chi connectivity index (χ0) is 22.9. The van der Waals surface area contributed by atoms with Gasteiger partial charge in [-0.25, -0.2) is 8.42 Å². The summed E-state index contributed by atoms with van der Waals surface area (Å²) in [4.78, 5) is 16.6. The van der Waals surface area contributed by atoms with Crippen molar-refractivity contribution in [3.05, 3.63) is 64.0 Å². The summed E-state index contributed by atoms with van der Waals surface area (Å²) >= 11 is 7.45. The van der Waals surface area contributed by atoms with E-state index < -0.39 is 9.84 Å². The van der Waals surface area contributed by atoms with Crippen LogP contribution in [0.3, 0.4) is 0 Å². The standard InChI is InChI=1S/C23H22ClNO5S2/c1-29-20-13-18(8-9-19(20)30-10-3-11-32(2,27)28)25-14-16-12-21(31-22(16)23(25)26)15-4-6-17(24)7-5-15/h4-9,12-13H,3,10-11,14H2,1-2H3. The van der Waals surface area contributed by atoms with Gasteiger partial charge in [-0.05, 0) is 47.9 Å². The summed E-state index contributed by atoms with van der Waals surface area (Å²) in [5, 5.41) is 0.678. The summed E-state index contributed by atoms with van der Waals surface area (Å²) in [6.45, 7) is 0.742. The van der Waals surface area contributed by atoms with Crippen molar-refractivity contribution in [2.24, 2.45) is 0 Å². The minimum Gasteiger partial charge on any atom is -0.493 e. The quantitative estimate of drug-likeness (QED) is 0.412. The van der Waals surface area contributed by atoms with Crippen molar-refractivity contribution >= 4 is 44.4 Å². The van der Waals surface area contributed by atoms with Crippen LogP contribution in [-0.4, -0.2) is 40.1 Å². The molecule has 0 aliphatic carbocycles. The lowest BCUT2D eigenvalue weighted by atomic mass is 10.1. The molecular formula is C23H22ClNO5S2. The van der Waals surface area contributed by atoms with Gasteiger partial charge < -0.3 is 14.4 Å². The average molecular weight is 492 g/mol. The van der Waals surface area contributed by atoms with Gasteiger partial charge in [-0.3, -0.25) is 4.79 Å². The smallest absolute Gasteiger partial charge is 0.269 e. The first-order chi connectivity index (χ1) is 15.2. The second-order valence-electron chi connectivity index (χ2n) is 7.53. The van der Waals surface area contributed by atoms with Crippen molar-refractivity contribution in [2.45, 2.75) is 13.0 Å². The highest BCUT2D eigenvalue weighted by atomic mass is 35.5. The van der Waals surface area contributed by atoms with Gasteiger partial charge >= 0.3 is 0 Å². The number of hydrogen-bond acceptors (Lipinski definition) is 6. The number of methoxy groups -OCH3 is 1. The highest BCUT2D eigenvalue weighted by Gasteiger charge is 2.32. The van der Waals surface area contributed by atoms with E-state index in [4.69, 9.17) is 21.1 Å². The van der Waals surface area contributed by atoms with Crippen LogP contribution < -0.4 is 14.4 Å². The molecule has 0 atom stereocenters. The number of carbonyl (C=O) groups excluding carboxylic acids is 1. The van der Waals surface area contributed by atoms with E-state index in [1.54, 1.807) is 17.0 Å². The van der Waals surface area contributed by atoms with Crippen molar-refractivity contribution in [1.82, 2.24) is 0 Å². The Hall–Kier alpha value is -2.55. The molecule has 32 heavy (non-hydrogen) atoms. The van der Waals surface area contributed by atoms with Crippen molar-refractivity contribution in [1.29, 1.82) is 0 Å². The van der Waals surface area contributed by atoms with Crippen molar-refractivity contribution in [2.75, 3.05) is 30.6 Å². The maximum absolute atomic E-state index is 13.1. The SMILES string of the molecule is COc1cc(N2Cc3cc(-c4ccc(Cl)cc4)sc3C2=O)ccc1OCCCS(C)(=O)=O. The third kappa shape index (κ3) is 4.92. The molecule has 1 aliphatic heterocycles. The van der Waals surface area contributed by atoms with E-state index in [0.29, 0.717) is 35.2 Å². The Morgan fingerprint density at radius 1 is 1.09 bits per heavy atom. The van der Waals surface area contributed by atoms with Crippen LogP contribution in [0.15, 0.2) is 48.5 Å². The number of halogens is 1. The van der Waals surface area contributed by atoms with E-state index in [1.165, 1.54) is 24.7 Å². The Bertz CT molecular complexity index is 1250. The normalized spacial score (nSPS) is 13.3. The Morgan fingerprint density at radius 3 is 2.50 bits per heavy atom. The predicted octanol–water partition coefficient (Wildman–Crippen LogP) is 5.05. The van der Waals surface area contributed by atoms with Crippen molar-refractivity contribution < 1.29 is 22.7 Å². The molecule has 1 amide bonds.